The molecule has 1 heterocycles. The Kier molecular flexibility index (Phi) is 4.37. The molecule has 1 amide bonds. The molecule has 1 rings (SSSR count). The standard InChI is InChI=1S/C13H24N2O3/c1-5-14-12(2,3)10(16)15-8-6-13(4,7-9-15)11(17)18/h14H,5-9H2,1-4H3,(H,17,18). The van der Waals surface area contributed by atoms with Crippen molar-refractivity contribution >= 4 is 11.9 Å². The van der Waals surface area contributed by atoms with Gasteiger partial charge in [0, 0.05) is 13.1 Å². The Morgan fingerprint density at radius 1 is 1.33 bits per heavy atom. The van der Waals surface area contributed by atoms with E-state index < -0.39 is 16.9 Å². The van der Waals surface area contributed by atoms with Gasteiger partial charge in [0.2, 0.25) is 5.91 Å². The van der Waals surface area contributed by atoms with Gasteiger partial charge in [-0.3, -0.25) is 9.59 Å². The summed E-state index contributed by atoms with van der Waals surface area (Å²) in [6, 6.07) is 0. The number of carbonyl (C=O) groups is 2. The van der Waals surface area contributed by atoms with Crippen LogP contribution in [-0.4, -0.2) is 47.1 Å². The van der Waals surface area contributed by atoms with Crippen molar-refractivity contribution in [3.63, 3.8) is 0 Å². The van der Waals surface area contributed by atoms with Crippen molar-refractivity contribution in [2.75, 3.05) is 19.6 Å². The summed E-state index contributed by atoms with van der Waals surface area (Å²) < 4.78 is 0. The summed E-state index contributed by atoms with van der Waals surface area (Å²) in [6.45, 7) is 9.24. The molecule has 1 saturated heterocycles. The third kappa shape index (κ3) is 3.02. The number of hydrogen-bond donors (Lipinski definition) is 2. The largest absolute Gasteiger partial charge is 0.481 e. The van der Waals surface area contributed by atoms with E-state index in [9.17, 15) is 9.59 Å². The first kappa shape index (κ1) is 15.0. The minimum Gasteiger partial charge on any atom is -0.481 e. The molecular weight excluding hydrogens is 232 g/mol. The highest BCUT2D eigenvalue weighted by Crippen LogP contribution is 2.31. The minimum absolute atomic E-state index is 0.0526. The lowest BCUT2D eigenvalue weighted by Gasteiger charge is -2.40. The molecule has 0 radical (unpaired) electrons. The number of nitrogens with zero attached hydrogens (tertiary/aromatic N) is 1. The number of likely N-dealkylation sites (tertiary alicyclic amines) is 1. The molecule has 1 aliphatic heterocycles. The van der Waals surface area contributed by atoms with Crippen LogP contribution < -0.4 is 5.32 Å². The van der Waals surface area contributed by atoms with Crippen molar-refractivity contribution in [2.24, 2.45) is 5.41 Å². The number of likely N-dealkylation sites (N-methyl/N-ethyl adjacent to an activating group) is 1. The highest BCUT2D eigenvalue weighted by atomic mass is 16.4. The van der Waals surface area contributed by atoms with Gasteiger partial charge in [-0.2, -0.15) is 0 Å². The smallest absolute Gasteiger partial charge is 0.309 e. The van der Waals surface area contributed by atoms with Crippen molar-refractivity contribution in [2.45, 2.75) is 46.1 Å². The lowest BCUT2D eigenvalue weighted by atomic mass is 9.80. The molecule has 2 N–H and O–H groups in total. The summed E-state index contributed by atoms with van der Waals surface area (Å²) in [6.07, 6.45) is 1.05. The second-order valence-electron chi connectivity index (χ2n) is 5.81. The summed E-state index contributed by atoms with van der Waals surface area (Å²) in [5.41, 5.74) is -1.26. The van der Waals surface area contributed by atoms with E-state index in [0.29, 0.717) is 25.9 Å². The summed E-state index contributed by atoms with van der Waals surface area (Å²) in [5, 5.41) is 12.3. The number of piperidine rings is 1. The molecule has 1 fully saturated rings. The highest BCUT2D eigenvalue weighted by molar-refractivity contribution is 5.86. The van der Waals surface area contributed by atoms with Gasteiger partial charge in [0.15, 0.2) is 0 Å². The zero-order valence-corrected chi connectivity index (χ0v) is 11.7. The minimum atomic E-state index is -0.763. The third-order valence-electron chi connectivity index (χ3n) is 3.82. The second kappa shape index (κ2) is 5.26. The summed E-state index contributed by atoms with van der Waals surface area (Å²) >= 11 is 0. The Bertz CT molecular complexity index is 331. The molecule has 0 aromatic heterocycles. The van der Waals surface area contributed by atoms with Crippen molar-refractivity contribution in [1.29, 1.82) is 0 Å². The molecule has 0 aromatic rings. The van der Waals surface area contributed by atoms with Crippen molar-refractivity contribution in [1.82, 2.24) is 10.2 Å². The lowest BCUT2D eigenvalue weighted by Crippen LogP contribution is -2.56. The molecule has 5 heteroatoms. The SMILES string of the molecule is CCNC(C)(C)C(=O)N1CCC(C)(C(=O)O)CC1. The maximum Gasteiger partial charge on any atom is 0.309 e. The number of amides is 1. The predicted octanol–water partition coefficient (Wildman–Crippen LogP) is 1.09. The molecule has 104 valence electrons. The lowest BCUT2D eigenvalue weighted by molar-refractivity contribution is -0.154. The Morgan fingerprint density at radius 2 is 1.83 bits per heavy atom. The van der Waals surface area contributed by atoms with Gasteiger partial charge in [-0.25, -0.2) is 0 Å². The van der Waals surface area contributed by atoms with Crippen LogP contribution in [0.2, 0.25) is 0 Å². The van der Waals surface area contributed by atoms with Gasteiger partial charge in [-0.1, -0.05) is 6.92 Å². The first-order valence-corrected chi connectivity index (χ1v) is 6.51. The van der Waals surface area contributed by atoms with Crippen LogP contribution in [0, 0.1) is 5.41 Å². The topological polar surface area (TPSA) is 69.6 Å². The normalized spacial score (nSPS) is 19.7. The van der Waals surface area contributed by atoms with E-state index in [2.05, 4.69) is 5.32 Å². The van der Waals surface area contributed by atoms with E-state index in [0.717, 1.165) is 6.54 Å². The van der Waals surface area contributed by atoms with Crippen LogP contribution in [0.4, 0.5) is 0 Å². The number of nitrogens with one attached hydrogen (secondary N) is 1. The highest BCUT2D eigenvalue weighted by Gasteiger charge is 2.40. The average molecular weight is 256 g/mol. The van der Waals surface area contributed by atoms with Crippen LogP contribution in [-0.2, 0) is 9.59 Å². The van der Waals surface area contributed by atoms with E-state index in [1.165, 1.54) is 0 Å². The van der Waals surface area contributed by atoms with Crippen molar-refractivity contribution in [3.8, 4) is 0 Å². The Morgan fingerprint density at radius 3 is 2.22 bits per heavy atom. The Labute approximate surface area is 109 Å². The van der Waals surface area contributed by atoms with Gasteiger partial charge < -0.3 is 15.3 Å². The maximum absolute atomic E-state index is 12.3. The monoisotopic (exact) mass is 256 g/mol. The van der Waals surface area contributed by atoms with Crippen molar-refractivity contribution < 1.29 is 14.7 Å². The molecule has 0 spiro atoms. The number of carboxylic acid groups (broad SMARTS) is 1. The van der Waals surface area contributed by atoms with Gasteiger partial charge in [0.25, 0.3) is 0 Å². The fourth-order valence-corrected chi connectivity index (χ4v) is 2.33. The van der Waals surface area contributed by atoms with E-state index in [1.54, 1.807) is 11.8 Å². The van der Waals surface area contributed by atoms with Crippen molar-refractivity contribution in [3.05, 3.63) is 0 Å². The average Bonchev–Trinajstić information content (AvgIpc) is 2.29. The molecule has 1 aliphatic rings. The number of aliphatic carboxylic acids is 1. The molecular formula is C13H24N2O3. The van der Waals surface area contributed by atoms with E-state index in [4.69, 9.17) is 5.11 Å². The Balaban J connectivity index is 2.63. The van der Waals surface area contributed by atoms with Gasteiger partial charge in [0.1, 0.15) is 0 Å². The van der Waals surface area contributed by atoms with Crippen LogP contribution in [0.3, 0.4) is 0 Å². The van der Waals surface area contributed by atoms with Gasteiger partial charge in [0.05, 0.1) is 11.0 Å². The fraction of sp³-hybridized carbons (Fsp3) is 0.846. The number of hydrogen-bond acceptors (Lipinski definition) is 3. The van der Waals surface area contributed by atoms with Gasteiger partial charge >= 0.3 is 5.97 Å². The third-order valence-corrected chi connectivity index (χ3v) is 3.82. The molecule has 18 heavy (non-hydrogen) atoms. The Hall–Kier alpha value is -1.10. The first-order chi connectivity index (χ1) is 8.23. The molecule has 0 aliphatic carbocycles. The van der Waals surface area contributed by atoms with Crippen LogP contribution >= 0.6 is 0 Å². The van der Waals surface area contributed by atoms with E-state index in [-0.39, 0.29) is 5.91 Å². The molecule has 0 unspecified atom stereocenters. The van der Waals surface area contributed by atoms with Crippen LogP contribution in [0.5, 0.6) is 0 Å². The van der Waals surface area contributed by atoms with Crippen LogP contribution in [0.1, 0.15) is 40.5 Å². The van der Waals surface area contributed by atoms with Gasteiger partial charge in [-0.05, 0) is 40.2 Å². The van der Waals surface area contributed by atoms with E-state index in [1.807, 2.05) is 20.8 Å². The summed E-state index contributed by atoms with van der Waals surface area (Å²) in [4.78, 5) is 25.2. The van der Waals surface area contributed by atoms with Crippen LogP contribution in [0.25, 0.3) is 0 Å². The molecule has 0 atom stereocenters. The quantitative estimate of drug-likeness (QED) is 0.790. The fourth-order valence-electron chi connectivity index (χ4n) is 2.33. The molecule has 0 bridgehead atoms. The zero-order valence-electron chi connectivity index (χ0n) is 11.7. The van der Waals surface area contributed by atoms with Gasteiger partial charge in [-0.15, -0.1) is 0 Å². The first-order valence-electron chi connectivity index (χ1n) is 6.51. The number of carbonyl (C=O) groups excluding carboxylic acids is 1. The predicted molar refractivity (Wildman–Crippen MR) is 69.3 cm³/mol. The summed E-state index contributed by atoms with van der Waals surface area (Å²) in [7, 11) is 0. The summed E-state index contributed by atoms with van der Waals surface area (Å²) in [5.74, 6) is -0.711. The van der Waals surface area contributed by atoms with E-state index >= 15 is 0 Å². The van der Waals surface area contributed by atoms with Crippen LogP contribution in [0.15, 0.2) is 0 Å². The molecule has 0 aromatic carbocycles. The second-order valence-corrected chi connectivity index (χ2v) is 5.81. The molecule has 5 nitrogen and oxygen atoms in total. The zero-order chi connectivity index (χ0) is 14.0. The molecule has 0 saturated carbocycles. The number of carboxylic acids is 1. The maximum atomic E-state index is 12.3. The number of rotatable bonds is 4.